The maximum Gasteiger partial charge on any atom is 0.203 e. The molecule has 6 heteroatoms. The quantitative estimate of drug-likeness (QED) is 0.823. The molecule has 0 amide bonds. The molecule has 0 aliphatic heterocycles. The van der Waals surface area contributed by atoms with Crippen LogP contribution < -0.4 is 5.32 Å². The number of unbranched alkanes of at least 4 members (excludes halogenated alkanes) is 1. The van der Waals surface area contributed by atoms with Crippen molar-refractivity contribution in [3.8, 4) is 0 Å². The van der Waals surface area contributed by atoms with E-state index in [0.29, 0.717) is 0 Å². The summed E-state index contributed by atoms with van der Waals surface area (Å²) in [7, 11) is -2.97. The van der Waals surface area contributed by atoms with Gasteiger partial charge in [0.2, 0.25) is 5.95 Å². The van der Waals surface area contributed by atoms with Gasteiger partial charge in [-0.1, -0.05) is 13.3 Å². The molecule has 0 fully saturated rings. The first-order valence-electron chi connectivity index (χ1n) is 6.30. The molecule has 1 N–H and O–H groups in total. The molecule has 0 bridgehead atoms. The second-order valence-electron chi connectivity index (χ2n) is 4.89. The van der Waals surface area contributed by atoms with Gasteiger partial charge in [-0.2, -0.15) is 0 Å². The first-order valence-corrected chi connectivity index (χ1v) is 8.36. The van der Waals surface area contributed by atoms with E-state index in [1.54, 1.807) is 0 Å². The SMILES string of the molecule is CCCCn1cc(C)nc1NC(C)CS(C)(=O)=O. The molecule has 18 heavy (non-hydrogen) atoms. The zero-order valence-corrected chi connectivity index (χ0v) is 12.4. The van der Waals surface area contributed by atoms with Gasteiger partial charge in [0.15, 0.2) is 0 Å². The molecule has 104 valence electrons. The Morgan fingerprint density at radius 1 is 1.50 bits per heavy atom. The van der Waals surface area contributed by atoms with Crippen LogP contribution in [0.25, 0.3) is 0 Å². The first kappa shape index (κ1) is 15.0. The molecule has 1 heterocycles. The molecule has 0 radical (unpaired) electrons. The number of hydrogen-bond donors (Lipinski definition) is 1. The highest BCUT2D eigenvalue weighted by atomic mass is 32.2. The topological polar surface area (TPSA) is 64.0 Å². The molecule has 1 atom stereocenters. The van der Waals surface area contributed by atoms with Crippen molar-refractivity contribution < 1.29 is 8.42 Å². The molecular formula is C12H23N3O2S. The minimum Gasteiger partial charge on any atom is -0.352 e. The zero-order chi connectivity index (χ0) is 13.8. The Balaban J connectivity index is 2.71. The van der Waals surface area contributed by atoms with Gasteiger partial charge in [-0.15, -0.1) is 0 Å². The molecule has 5 nitrogen and oxygen atoms in total. The van der Waals surface area contributed by atoms with Crippen molar-refractivity contribution in [2.75, 3.05) is 17.3 Å². The van der Waals surface area contributed by atoms with E-state index in [-0.39, 0.29) is 11.8 Å². The van der Waals surface area contributed by atoms with E-state index in [2.05, 4.69) is 21.8 Å². The summed E-state index contributed by atoms with van der Waals surface area (Å²) in [6.07, 6.45) is 5.45. The van der Waals surface area contributed by atoms with Crippen LogP contribution in [-0.2, 0) is 16.4 Å². The summed E-state index contributed by atoms with van der Waals surface area (Å²) >= 11 is 0. The van der Waals surface area contributed by atoms with Crippen LogP contribution in [0, 0.1) is 6.92 Å². The maximum absolute atomic E-state index is 11.2. The van der Waals surface area contributed by atoms with Crippen LogP contribution in [0.4, 0.5) is 5.95 Å². The second kappa shape index (κ2) is 6.22. The van der Waals surface area contributed by atoms with Gasteiger partial charge < -0.3 is 9.88 Å². The van der Waals surface area contributed by atoms with Crippen LogP contribution in [-0.4, -0.2) is 36.0 Å². The Morgan fingerprint density at radius 2 is 2.17 bits per heavy atom. The Labute approximate surface area is 110 Å². The van der Waals surface area contributed by atoms with Crippen molar-refractivity contribution >= 4 is 15.8 Å². The Bertz CT molecular complexity index is 480. The van der Waals surface area contributed by atoms with Crippen LogP contribution in [0.2, 0.25) is 0 Å². The molecule has 1 aromatic heterocycles. The molecule has 0 spiro atoms. The maximum atomic E-state index is 11.2. The van der Waals surface area contributed by atoms with Crippen molar-refractivity contribution in [3.63, 3.8) is 0 Å². The summed E-state index contributed by atoms with van der Waals surface area (Å²) in [4.78, 5) is 4.39. The third-order valence-corrected chi connectivity index (χ3v) is 3.68. The smallest absolute Gasteiger partial charge is 0.203 e. The standard InChI is InChI=1S/C12H23N3O2S/c1-5-6-7-15-8-10(2)13-12(15)14-11(3)9-18(4,16)17/h8,11H,5-7,9H2,1-4H3,(H,13,14). The third kappa shape index (κ3) is 5.08. The Hall–Kier alpha value is -1.04. The Kier molecular flexibility index (Phi) is 5.19. The first-order chi connectivity index (χ1) is 8.31. The van der Waals surface area contributed by atoms with Gasteiger partial charge >= 0.3 is 0 Å². The molecule has 1 unspecified atom stereocenters. The predicted molar refractivity (Wildman–Crippen MR) is 74.7 cm³/mol. The lowest BCUT2D eigenvalue weighted by molar-refractivity contribution is 0.596. The van der Waals surface area contributed by atoms with Crippen LogP contribution in [0.15, 0.2) is 6.20 Å². The Morgan fingerprint density at radius 3 is 2.72 bits per heavy atom. The summed E-state index contributed by atoms with van der Waals surface area (Å²) in [5.41, 5.74) is 0.945. The fourth-order valence-corrected chi connectivity index (χ4v) is 2.87. The van der Waals surface area contributed by atoms with Crippen LogP contribution >= 0.6 is 0 Å². The number of rotatable bonds is 7. The van der Waals surface area contributed by atoms with Gasteiger partial charge in [-0.05, 0) is 20.3 Å². The van der Waals surface area contributed by atoms with E-state index in [4.69, 9.17) is 0 Å². The van der Waals surface area contributed by atoms with Gasteiger partial charge in [-0.25, -0.2) is 13.4 Å². The van der Waals surface area contributed by atoms with Crippen molar-refractivity contribution in [1.82, 2.24) is 9.55 Å². The highest BCUT2D eigenvalue weighted by Gasteiger charge is 2.13. The van der Waals surface area contributed by atoms with Crippen molar-refractivity contribution in [2.45, 2.75) is 46.2 Å². The number of anilines is 1. The largest absolute Gasteiger partial charge is 0.352 e. The van der Waals surface area contributed by atoms with E-state index in [1.165, 1.54) is 6.26 Å². The molecule has 1 rings (SSSR count). The highest BCUT2D eigenvalue weighted by Crippen LogP contribution is 2.11. The van der Waals surface area contributed by atoms with Crippen LogP contribution in [0.5, 0.6) is 0 Å². The van der Waals surface area contributed by atoms with E-state index in [9.17, 15) is 8.42 Å². The van der Waals surface area contributed by atoms with E-state index in [1.807, 2.05) is 20.0 Å². The van der Waals surface area contributed by atoms with Gasteiger partial charge in [-0.3, -0.25) is 0 Å². The zero-order valence-electron chi connectivity index (χ0n) is 11.6. The lowest BCUT2D eigenvalue weighted by Gasteiger charge is -2.15. The summed E-state index contributed by atoms with van der Waals surface area (Å²) in [6, 6.07) is -0.137. The number of aromatic nitrogens is 2. The van der Waals surface area contributed by atoms with Gasteiger partial charge in [0.25, 0.3) is 0 Å². The van der Waals surface area contributed by atoms with Crippen LogP contribution in [0.1, 0.15) is 32.4 Å². The average molecular weight is 273 g/mol. The minimum atomic E-state index is -2.97. The highest BCUT2D eigenvalue weighted by molar-refractivity contribution is 7.90. The summed E-state index contributed by atoms with van der Waals surface area (Å²) in [6.45, 7) is 6.85. The minimum absolute atomic E-state index is 0.118. The van der Waals surface area contributed by atoms with Gasteiger partial charge in [0, 0.05) is 25.0 Å². The predicted octanol–water partition coefficient (Wildman–Crippen LogP) is 1.84. The fraction of sp³-hybridized carbons (Fsp3) is 0.750. The molecule has 0 aliphatic carbocycles. The van der Waals surface area contributed by atoms with Crippen molar-refractivity contribution in [2.24, 2.45) is 0 Å². The lowest BCUT2D eigenvalue weighted by Crippen LogP contribution is -2.26. The summed E-state index contributed by atoms with van der Waals surface area (Å²) in [5.74, 6) is 0.879. The van der Waals surface area contributed by atoms with Gasteiger partial charge in [0.05, 0.1) is 11.4 Å². The average Bonchev–Trinajstić information content (AvgIpc) is 2.52. The molecule has 0 saturated heterocycles. The molecular weight excluding hydrogens is 250 g/mol. The molecule has 1 aromatic rings. The molecule has 0 aromatic carbocycles. The molecule has 0 saturated carbocycles. The number of nitrogens with zero attached hydrogens (tertiary/aromatic N) is 2. The summed E-state index contributed by atoms with van der Waals surface area (Å²) in [5, 5.41) is 3.17. The lowest BCUT2D eigenvalue weighted by atomic mass is 10.3. The van der Waals surface area contributed by atoms with Crippen molar-refractivity contribution in [1.29, 1.82) is 0 Å². The number of sulfone groups is 1. The monoisotopic (exact) mass is 273 g/mol. The van der Waals surface area contributed by atoms with E-state index >= 15 is 0 Å². The number of imidazole rings is 1. The van der Waals surface area contributed by atoms with Crippen molar-refractivity contribution in [3.05, 3.63) is 11.9 Å². The number of nitrogens with one attached hydrogen (secondary N) is 1. The fourth-order valence-electron chi connectivity index (χ4n) is 1.88. The van der Waals surface area contributed by atoms with Gasteiger partial charge in [0.1, 0.15) is 9.84 Å². The number of hydrogen-bond acceptors (Lipinski definition) is 4. The van der Waals surface area contributed by atoms with E-state index in [0.717, 1.165) is 31.0 Å². The summed E-state index contributed by atoms with van der Waals surface area (Å²) < 4.78 is 24.5. The van der Waals surface area contributed by atoms with E-state index < -0.39 is 9.84 Å². The third-order valence-electron chi connectivity index (χ3n) is 2.58. The second-order valence-corrected chi connectivity index (χ2v) is 7.08. The number of aryl methyl sites for hydroxylation is 2. The normalized spacial score (nSPS) is 13.6. The van der Waals surface area contributed by atoms with Crippen LogP contribution in [0.3, 0.4) is 0 Å². The molecule has 0 aliphatic rings.